The van der Waals surface area contributed by atoms with Gasteiger partial charge in [0.2, 0.25) is 5.91 Å². The van der Waals surface area contributed by atoms with Gasteiger partial charge in [0.15, 0.2) is 5.11 Å². The van der Waals surface area contributed by atoms with E-state index in [1.54, 1.807) is 0 Å². The van der Waals surface area contributed by atoms with Crippen LogP contribution in [0.4, 0.5) is 5.69 Å². The van der Waals surface area contributed by atoms with Crippen molar-refractivity contribution in [3.05, 3.63) is 24.3 Å². The molecule has 1 saturated carbocycles. The van der Waals surface area contributed by atoms with Gasteiger partial charge in [0.1, 0.15) is 12.4 Å². The maximum Gasteiger partial charge on any atom is 0.226 e. The van der Waals surface area contributed by atoms with Gasteiger partial charge in [0.05, 0.1) is 6.10 Å². The second kappa shape index (κ2) is 10.6. The highest BCUT2D eigenvalue weighted by molar-refractivity contribution is 7.80. The Bertz CT molecular complexity index is 608. The summed E-state index contributed by atoms with van der Waals surface area (Å²) in [6, 6.07) is 7.58. The summed E-state index contributed by atoms with van der Waals surface area (Å²) in [5, 5.41) is 6.18. The molecule has 0 spiro atoms. The van der Waals surface area contributed by atoms with E-state index in [0.717, 1.165) is 37.3 Å². The molecule has 1 aromatic carbocycles. The van der Waals surface area contributed by atoms with Crippen molar-refractivity contribution >= 4 is 28.9 Å². The molecule has 5 nitrogen and oxygen atoms in total. The molecule has 1 aliphatic heterocycles. The van der Waals surface area contributed by atoms with E-state index in [2.05, 4.69) is 10.6 Å². The van der Waals surface area contributed by atoms with Crippen molar-refractivity contribution < 1.29 is 14.3 Å². The van der Waals surface area contributed by atoms with E-state index >= 15 is 0 Å². The summed E-state index contributed by atoms with van der Waals surface area (Å²) in [6.07, 6.45) is 10.4. The number of carbonyl (C=O) groups is 1. The first-order valence-corrected chi connectivity index (χ1v) is 10.5. The number of thiocarbonyl (C=S) groups is 1. The first-order valence-electron chi connectivity index (χ1n) is 10.1. The van der Waals surface area contributed by atoms with Crippen LogP contribution >= 0.6 is 12.2 Å². The molecule has 0 unspecified atom stereocenters. The number of hydrogen-bond donors (Lipinski definition) is 2. The third-order valence-electron chi connectivity index (χ3n) is 5.33. The Morgan fingerprint density at radius 1 is 1.11 bits per heavy atom. The van der Waals surface area contributed by atoms with Gasteiger partial charge in [-0.2, -0.15) is 0 Å². The molecule has 1 heterocycles. The van der Waals surface area contributed by atoms with Gasteiger partial charge < -0.3 is 20.1 Å². The Hall–Kier alpha value is -1.66. The zero-order chi connectivity index (χ0) is 18.9. The summed E-state index contributed by atoms with van der Waals surface area (Å²) >= 11 is 5.25. The molecule has 0 radical (unpaired) electrons. The number of amides is 1. The topological polar surface area (TPSA) is 59.6 Å². The number of ether oxygens (including phenoxy) is 2. The zero-order valence-electron chi connectivity index (χ0n) is 15.9. The number of rotatable bonds is 7. The van der Waals surface area contributed by atoms with Crippen molar-refractivity contribution in [1.82, 2.24) is 5.32 Å². The number of carbonyl (C=O) groups excluding carboxylic acids is 1. The van der Waals surface area contributed by atoms with Crippen LogP contribution in [0, 0.1) is 5.92 Å². The molecule has 6 heteroatoms. The summed E-state index contributed by atoms with van der Waals surface area (Å²) in [7, 11) is 0. The average Bonchev–Trinajstić information content (AvgIpc) is 3.20. The molecule has 148 valence electrons. The minimum absolute atomic E-state index is 0.00501. The Balaban J connectivity index is 1.34. The molecule has 1 amide bonds. The van der Waals surface area contributed by atoms with E-state index < -0.39 is 0 Å². The quantitative estimate of drug-likeness (QED) is 0.675. The Labute approximate surface area is 167 Å². The highest BCUT2D eigenvalue weighted by atomic mass is 32.1. The summed E-state index contributed by atoms with van der Waals surface area (Å²) in [5.74, 6) is 1.50. The third kappa shape index (κ3) is 7.11. The summed E-state index contributed by atoms with van der Waals surface area (Å²) in [4.78, 5) is 12.1. The number of benzene rings is 1. The van der Waals surface area contributed by atoms with Crippen LogP contribution in [0.15, 0.2) is 24.3 Å². The first kappa shape index (κ1) is 20.1. The van der Waals surface area contributed by atoms with Crippen LogP contribution in [0.25, 0.3) is 0 Å². The smallest absolute Gasteiger partial charge is 0.226 e. The standard InChI is InChI=1S/C21H30N2O3S/c24-20(13-8-16-5-2-1-3-6-16)23-21(27)22-17-9-11-18(12-10-17)26-15-19-7-4-14-25-19/h9-12,16,19H,1-8,13-15H2,(H2,22,23,24,27)/t19-/m1/s1. The van der Waals surface area contributed by atoms with Crippen LogP contribution in [0.3, 0.4) is 0 Å². The predicted molar refractivity (Wildman–Crippen MR) is 111 cm³/mol. The normalized spacial score (nSPS) is 20.2. The van der Waals surface area contributed by atoms with Gasteiger partial charge in [-0.25, -0.2) is 0 Å². The van der Waals surface area contributed by atoms with E-state index in [9.17, 15) is 4.79 Å². The fourth-order valence-corrected chi connectivity index (χ4v) is 3.99. The van der Waals surface area contributed by atoms with E-state index in [1.165, 1.54) is 32.1 Å². The lowest BCUT2D eigenvalue weighted by Crippen LogP contribution is -2.34. The van der Waals surface area contributed by atoms with Crippen LogP contribution in [0.2, 0.25) is 0 Å². The fraction of sp³-hybridized carbons (Fsp3) is 0.619. The lowest BCUT2D eigenvalue weighted by Gasteiger charge is -2.21. The summed E-state index contributed by atoms with van der Waals surface area (Å²) in [5.41, 5.74) is 0.831. The second-order valence-corrected chi connectivity index (χ2v) is 7.92. The van der Waals surface area contributed by atoms with Crippen molar-refractivity contribution in [3.8, 4) is 5.75 Å². The van der Waals surface area contributed by atoms with Crippen LogP contribution in [0.5, 0.6) is 5.75 Å². The molecule has 2 aliphatic rings. The fourth-order valence-electron chi connectivity index (χ4n) is 3.76. The molecule has 1 aromatic rings. The largest absolute Gasteiger partial charge is 0.491 e. The number of nitrogens with one attached hydrogen (secondary N) is 2. The van der Waals surface area contributed by atoms with Crippen molar-refractivity contribution in [2.45, 2.75) is 63.9 Å². The van der Waals surface area contributed by atoms with Crippen LogP contribution in [-0.2, 0) is 9.53 Å². The molecule has 1 atom stereocenters. The van der Waals surface area contributed by atoms with Crippen LogP contribution < -0.4 is 15.4 Å². The van der Waals surface area contributed by atoms with Gasteiger partial charge in [-0.05, 0) is 61.7 Å². The molecule has 1 aliphatic carbocycles. The monoisotopic (exact) mass is 390 g/mol. The molecule has 27 heavy (non-hydrogen) atoms. The molecule has 0 bridgehead atoms. The van der Waals surface area contributed by atoms with E-state index in [1.807, 2.05) is 24.3 Å². The maximum absolute atomic E-state index is 12.1. The van der Waals surface area contributed by atoms with Gasteiger partial charge in [0, 0.05) is 18.7 Å². The summed E-state index contributed by atoms with van der Waals surface area (Å²) in [6.45, 7) is 1.42. The van der Waals surface area contributed by atoms with E-state index in [0.29, 0.717) is 24.1 Å². The molecule has 2 N–H and O–H groups in total. The second-order valence-electron chi connectivity index (χ2n) is 7.52. The lowest BCUT2D eigenvalue weighted by molar-refractivity contribution is -0.120. The highest BCUT2D eigenvalue weighted by Crippen LogP contribution is 2.27. The average molecular weight is 391 g/mol. The van der Waals surface area contributed by atoms with Crippen molar-refractivity contribution in [1.29, 1.82) is 0 Å². The van der Waals surface area contributed by atoms with Gasteiger partial charge >= 0.3 is 0 Å². The Morgan fingerprint density at radius 2 is 1.89 bits per heavy atom. The lowest BCUT2D eigenvalue weighted by atomic mass is 9.86. The molecule has 3 rings (SSSR count). The predicted octanol–water partition coefficient (Wildman–Crippen LogP) is 4.42. The SMILES string of the molecule is O=C(CCC1CCCCC1)NC(=S)Nc1ccc(OC[C@H]2CCCO2)cc1. The highest BCUT2D eigenvalue weighted by Gasteiger charge is 2.16. The third-order valence-corrected chi connectivity index (χ3v) is 5.53. The Morgan fingerprint density at radius 3 is 2.59 bits per heavy atom. The number of anilines is 1. The van der Waals surface area contributed by atoms with E-state index in [-0.39, 0.29) is 12.0 Å². The van der Waals surface area contributed by atoms with Gasteiger partial charge in [0.25, 0.3) is 0 Å². The number of hydrogen-bond acceptors (Lipinski definition) is 4. The maximum atomic E-state index is 12.1. The van der Waals surface area contributed by atoms with Crippen molar-refractivity contribution in [3.63, 3.8) is 0 Å². The van der Waals surface area contributed by atoms with Crippen molar-refractivity contribution in [2.75, 3.05) is 18.5 Å². The molecule has 0 aromatic heterocycles. The minimum Gasteiger partial charge on any atom is -0.491 e. The van der Waals surface area contributed by atoms with E-state index in [4.69, 9.17) is 21.7 Å². The van der Waals surface area contributed by atoms with Crippen LogP contribution in [0.1, 0.15) is 57.8 Å². The summed E-state index contributed by atoms with van der Waals surface area (Å²) < 4.78 is 11.3. The Kier molecular flexibility index (Phi) is 7.90. The molecular weight excluding hydrogens is 360 g/mol. The van der Waals surface area contributed by atoms with Crippen LogP contribution in [-0.4, -0.2) is 30.3 Å². The van der Waals surface area contributed by atoms with Gasteiger partial charge in [-0.3, -0.25) is 4.79 Å². The van der Waals surface area contributed by atoms with Gasteiger partial charge in [-0.1, -0.05) is 32.1 Å². The van der Waals surface area contributed by atoms with Gasteiger partial charge in [-0.15, -0.1) is 0 Å². The van der Waals surface area contributed by atoms with Crippen molar-refractivity contribution in [2.24, 2.45) is 5.92 Å². The molecule has 2 fully saturated rings. The first-order chi connectivity index (χ1) is 13.2. The molecule has 1 saturated heterocycles. The minimum atomic E-state index is -0.00501. The zero-order valence-corrected chi connectivity index (χ0v) is 16.7. The molecular formula is C21H30N2O3S.